The summed E-state index contributed by atoms with van der Waals surface area (Å²) in [5, 5.41) is 2.61. The standard InChI is InChI=1S/C13H22N2O3S/c1-10(2)14-9-11(3)19(16,17)15-12-5-7-13(18-4)8-6-12/h5-8,10-11,14-15H,9H2,1-4H3. The molecule has 0 fully saturated rings. The highest BCUT2D eigenvalue weighted by Gasteiger charge is 2.20. The Labute approximate surface area is 115 Å². The molecule has 2 N–H and O–H groups in total. The highest BCUT2D eigenvalue weighted by Crippen LogP contribution is 2.17. The highest BCUT2D eigenvalue weighted by atomic mass is 32.2. The largest absolute Gasteiger partial charge is 0.497 e. The lowest BCUT2D eigenvalue weighted by Gasteiger charge is -2.17. The van der Waals surface area contributed by atoms with Gasteiger partial charge < -0.3 is 10.1 Å². The minimum Gasteiger partial charge on any atom is -0.497 e. The SMILES string of the molecule is COc1ccc(NS(=O)(=O)C(C)CNC(C)C)cc1. The summed E-state index contributed by atoms with van der Waals surface area (Å²) in [6.07, 6.45) is 0. The molecule has 0 aliphatic rings. The van der Waals surface area contributed by atoms with E-state index in [0.717, 1.165) is 0 Å². The van der Waals surface area contributed by atoms with Crippen molar-refractivity contribution in [2.24, 2.45) is 0 Å². The van der Waals surface area contributed by atoms with Gasteiger partial charge in [0.1, 0.15) is 5.75 Å². The second-order valence-corrected chi connectivity index (χ2v) is 6.85. The molecular weight excluding hydrogens is 264 g/mol. The molecule has 0 aliphatic carbocycles. The lowest BCUT2D eigenvalue weighted by molar-refractivity contribution is 0.415. The Morgan fingerprint density at radius 1 is 1.16 bits per heavy atom. The van der Waals surface area contributed by atoms with Crippen molar-refractivity contribution < 1.29 is 13.2 Å². The minimum absolute atomic E-state index is 0.263. The first-order valence-corrected chi connectivity index (χ1v) is 7.79. The zero-order valence-electron chi connectivity index (χ0n) is 11.8. The summed E-state index contributed by atoms with van der Waals surface area (Å²) in [4.78, 5) is 0. The van der Waals surface area contributed by atoms with Crippen LogP contribution in [0.2, 0.25) is 0 Å². The van der Waals surface area contributed by atoms with E-state index in [1.54, 1.807) is 38.3 Å². The number of benzene rings is 1. The van der Waals surface area contributed by atoms with E-state index in [-0.39, 0.29) is 6.04 Å². The lowest BCUT2D eigenvalue weighted by atomic mass is 10.3. The number of rotatable bonds is 7. The lowest BCUT2D eigenvalue weighted by Crippen LogP contribution is -2.37. The van der Waals surface area contributed by atoms with Crippen molar-refractivity contribution in [3.05, 3.63) is 24.3 Å². The maximum atomic E-state index is 12.1. The first-order chi connectivity index (χ1) is 8.85. The van der Waals surface area contributed by atoms with Crippen LogP contribution in [0.3, 0.4) is 0 Å². The summed E-state index contributed by atoms with van der Waals surface area (Å²) < 4.78 is 31.8. The van der Waals surface area contributed by atoms with E-state index >= 15 is 0 Å². The number of anilines is 1. The molecule has 6 heteroatoms. The van der Waals surface area contributed by atoms with E-state index in [2.05, 4.69) is 10.0 Å². The van der Waals surface area contributed by atoms with Gasteiger partial charge in [-0.2, -0.15) is 0 Å². The zero-order chi connectivity index (χ0) is 14.5. The Kier molecular flexibility index (Phi) is 5.62. The quantitative estimate of drug-likeness (QED) is 0.802. The summed E-state index contributed by atoms with van der Waals surface area (Å²) in [7, 11) is -1.81. The third-order valence-corrected chi connectivity index (χ3v) is 4.44. The second kappa shape index (κ2) is 6.77. The van der Waals surface area contributed by atoms with Gasteiger partial charge in [0, 0.05) is 18.3 Å². The van der Waals surface area contributed by atoms with Crippen molar-refractivity contribution in [2.45, 2.75) is 32.1 Å². The Bertz CT molecular complexity index is 483. The van der Waals surface area contributed by atoms with Crippen molar-refractivity contribution in [1.82, 2.24) is 5.32 Å². The van der Waals surface area contributed by atoms with Gasteiger partial charge in [0.2, 0.25) is 10.0 Å². The maximum absolute atomic E-state index is 12.1. The summed E-state index contributed by atoms with van der Waals surface area (Å²) >= 11 is 0. The zero-order valence-corrected chi connectivity index (χ0v) is 12.6. The van der Waals surface area contributed by atoms with E-state index in [1.807, 2.05) is 13.8 Å². The Balaban J connectivity index is 2.67. The molecule has 1 unspecified atom stereocenters. The van der Waals surface area contributed by atoms with Crippen LogP contribution in [0.5, 0.6) is 5.75 Å². The second-order valence-electron chi connectivity index (χ2n) is 4.75. The molecule has 0 saturated heterocycles. The van der Waals surface area contributed by atoms with Gasteiger partial charge in [-0.15, -0.1) is 0 Å². The molecule has 5 nitrogen and oxygen atoms in total. The van der Waals surface area contributed by atoms with Gasteiger partial charge >= 0.3 is 0 Å². The van der Waals surface area contributed by atoms with Crippen molar-refractivity contribution in [3.8, 4) is 5.75 Å². The number of hydrogen-bond acceptors (Lipinski definition) is 4. The van der Waals surface area contributed by atoms with Crippen LogP contribution in [0.1, 0.15) is 20.8 Å². The molecular formula is C13H22N2O3S. The molecule has 1 atom stereocenters. The third kappa shape index (κ3) is 5.08. The van der Waals surface area contributed by atoms with Crippen LogP contribution in [-0.4, -0.2) is 33.4 Å². The third-order valence-electron chi connectivity index (χ3n) is 2.69. The van der Waals surface area contributed by atoms with Gasteiger partial charge in [-0.3, -0.25) is 4.72 Å². The van der Waals surface area contributed by atoms with Crippen LogP contribution >= 0.6 is 0 Å². The van der Waals surface area contributed by atoms with Crippen LogP contribution in [0, 0.1) is 0 Å². The summed E-state index contributed by atoms with van der Waals surface area (Å²) in [5.74, 6) is 0.692. The van der Waals surface area contributed by atoms with Crippen LogP contribution in [0.25, 0.3) is 0 Å². The van der Waals surface area contributed by atoms with Gasteiger partial charge in [0.15, 0.2) is 0 Å². The van der Waals surface area contributed by atoms with E-state index in [4.69, 9.17) is 4.74 Å². The predicted molar refractivity (Wildman–Crippen MR) is 78.1 cm³/mol. The predicted octanol–water partition coefficient (Wildman–Crippen LogP) is 1.82. The van der Waals surface area contributed by atoms with Gasteiger partial charge in [-0.05, 0) is 31.2 Å². The molecule has 1 rings (SSSR count). The topological polar surface area (TPSA) is 67.4 Å². The fourth-order valence-corrected chi connectivity index (χ4v) is 2.42. The van der Waals surface area contributed by atoms with Crippen LogP contribution in [0.4, 0.5) is 5.69 Å². The van der Waals surface area contributed by atoms with Crippen molar-refractivity contribution >= 4 is 15.7 Å². The molecule has 0 aromatic heterocycles. The first-order valence-electron chi connectivity index (χ1n) is 6.24. The van der Waals surface area contributed by atoms with Crippen LogP contribution < -0.4 is 14.8 Å². The van der Waals surface area contributed by atoms with Gasteiger partial charge in [-0.25, -0.2) is 8.42 Å². The Morgan fingerprint density at radius 2 is 1.74 bits per heavy atom. The van der Waals surface area contributed by atoms with Gasteiger partial charge in [0.25, 0.3) is 0 Å². The van der Waals surface area contributed by atoms with Gasteiger partial charge in [0.05, 0.1) is 12.4 Å². The van der Waals surface area contributed by atoms with E-state index in [0.29, 0.717) is 18.0 Å². The summed E-state index contributed by atoms with van der Waals surface area (Å²) in [5.41, 5.74) is 0.539. The maximum Gasteiger partial charge on any atom is 0.236 e. The number of sulfonamides is 1. The summed E-state index contributed by atoms with van der Waals surface area (Å²) in [6.45, 7) is 6.07. The molecule has 0 bridgehead atoms. The molecule has 0 spiro atoms. The number of methoxy groups -OCH3 is 1. The molecule has 0 heterocycles. The van der Waals surface area contributed by atoms with Crippen molar-refractivity contribution in [3.63, 3.8) is 0 Å². The van der Waals surface area contributed by atoms with Gasteiger partial charge in [-0.1, -0.05) is 13.8 Å². The molecule has 0 saturated carbocycles. The Morgan fingerprint density at radius 3 is 2.21 bits per heavy atom. The molecule has 0 radical (unpaired) electrons. The summed E-state index contributed by atoms with van der Waals surface area (Å²) in [6, 6.07) is 7.06. The van der Waals surface area contributed by atoms with Crippen molar-refractivity contribution in [2.75, 3.05) is 18.4 Å². The average molecular weight is 286 g/mol. The van der Waals surface area contributed by atoms with E-state index in [1.165, 1.54) is 0 Å². The highest BCUT2D eigenvalue weighted by molar-refractivity contribution is 7.93. The minimum atomic E-state index is -3.38. The number of ether oxygens (including phenoxy) is 1. The molecule has 1 aromatic carbocycles. The molecule has 108 valence electrons. The van der Waals surface area contributed by atoms with E-state index < -0.39 is 15.3 Å². The number of nitrogens with one attached hydrogen (secondary N) is 2. The van der Waals surface area contributed by atoms with Crippen LogP contribution in [-0.2, 0) is 10.0 Å². The fourth-order valence-electron chi connectivity index (χ4n) is 1.44. The van der Waals surface area contributed by atoms with E-state index in [9.17, 15) is 8.42 Å². The molecule has 19 heavy (non-hydrogen) atoms. The number of hydrogen-bond donors (Lipinski definition) is 2. The monoisotopic (exact) mass is 286 g/mol. The smallest absolute Gasteiger partial charge is 0.236 e. The molecule has 1 aromatic rings. The Hall–Kier alpha value is -1.27. The first kappa shape index (κ1) is 15.8. The van der Waals surface area contributed by atoms with Crippen LogP contribution in [0.15, 0.2) is 24.3 Å². The van der Waals surface area contributed by atoms with Crippen molar-refractivity contribution in [1.29, 1.82) is 0 Å². The fraction of sp³-hybridized carbons (Fsp3) is 0.538. The normalized spacial score (nSPS) is 13.3. The molecule has 0 amide bonds. The molecule has 0 aliphatic heterocycles. The average Bonchev–Trinajstić information content (AvgIpc) is 2.36.